The van der Waals surface area contributed by atoms with Crippen LogP contribution in [0.1, 0.15) is 29.0 Å². The summed E-state index contributed by atoms with van der Waals surface area (Å²) in [7, 11) is 0. The van der Waals surface area contributed by atoms with Crippen LogP contribution in [0.4, 0.5) is 0 Å². The van der Waals surface area contributed by atoms with Crippen LogP contribution in [0.2, 0.25) is 0 Å². The molecule has 82 valence electrons. The quantitative estimate of drug-likeness (QED) is 0.713. The van der Waals surface area contributed by atoms with Gasteiger partial charge in [0.15, 0.2) is 11.5 Å². The van der Waals surface area contributed by atoms with Crippen LogP contribution < -0.4 is 0 Å². The van der Waals surface area contributed by atoms with E-state index in [9.17, 15) is 4.79 Å². The zero-order chi connectivity index (χ0) is 11.2. The highest BCUT2D eigenvalue weighted by Crippen LogP contribution is 2.09. The van der Waals surface area contributed by atoms with Gasteiger partial charge in [0.05, 0.1) is 6.26 Å². The lowest BCUT2D eigenvalue weighted by Crippen LogP contribution is -1.98. The lowest BCUT2D eigenvalue weighted by atomic mass is 10.1. The van der Waals surface area contributed by atoms with Gasteiger partial charge in [0.2, 0.25) is 0 Å². The van der Waals surface area contributed by atoms with Crippen molar-refractivity contribution in [1.82, 2.24) is 0 Å². The van der Waals surface area contributed by atoms with E-state index in [1.165, 1.54) is 11.8 Å². The summed E-state index contributed by atoms with van der Waals surface area (Å²) < 4.78 is 5.05. The molecular weight excluding hydrogens is 200 g/mol. The molecule has 0 fully saturated rings. The third kappa shape index (κ3) is 2.83. The van der Waals surface area contributed by atoms with E-state index < -0.39 is 0 Å². The molecule has 0 radical (unpaired) electrons. The molecule has 0 aliphatic heterocycles. The van der Waals surface area contributed by atoms with Gasteiger partial charge in [0, 0.05) is 6.42 Å². The first-order valence-corrected chi connectivity index (χ1v) is 5.47. The van der Waals surface area contributed by atoms with Crippen LogP contribution in [0.15, 0.2) is 53.1 Å². The normalized spacial score (nSPS) is 10.2. The Morgan fingerprint density at radius 1 is 1.06 bits per heavy atom. The van der Waals surface area contributed by atoms with Crippen molar-refractivity contribution in [2.75, 3.05) is 0 Å². The van der Waals surface area contributed by atoms with Crippen LogP contribution in [-0.2, 0) is 6.42 Å². The van der Waals surface area contributed by atoms with E-state index in [4.69, 9.17) is 4.42 Å². The fourth-order valence-corrected chi connectivity index (χ4v) is 1.66. The zero-order valence-corrected chi connectivity index (χ0v) is 9.06. The van der Waals surface area contributed by atoms with Gasteiger partial charge in [-0.2, -0.15) is 0 Å². The van der Waals surface area contributed by atoms with E-state index in [1.54, 1.807) is 12.1 Å². The predicted molar refractivity (Wildman–Crippen MR) is 62.4 cm³/mol. The molecule has 1 aromatic heterocycles. The van der Waals surface area contributed by atoms with Crippen molar-refractivity contribution < 1.29 is 9.21 Å². The van der Waals surface area contributed by atoms with E-state index in [1.807, 2.05) is 18.2 Å². The molecule has 0 saturated carbocycles. The first-order chi connectivity index (χ1) is 7.86. The molecule has 0 aliphatic rings. The number of rotatable bonds is 5. The maximum atomic E-state index is 11.6. The molecule has 1 aromatic carbocycles. The predicted octanol–water partition coefficient (Wildman–Crippen LogP) is 3.49. The summed E-state index contributed by atoms with van der Waals surface area (Å²) in [6.45, 7) is 0. The number of carbonyl (C=O) groups excluding carboxylic acids is 1. The topological polar surface area (TPSA) is 30.2 Å². The number of benzene rings is 1. The van der Waals surface area contributed by atoms with Crippen molar-refractivity contribution in [3.63, 3.8) is 0 Å². The highest BCUT2D eigenvalue weighted by atomic mass is 16.3. The Labute approximate surface area is 94.9 Å². The minimum atomic E-state index is 0.0842. The van der Waals surface area contributed by atoms with E-state index in [-0.39, 0.29) is 5.78 Å². The van der Waals surface area contributed by atoms with Gasteiger partial charge in [-0.3, -0.25) is 4.79 Å². The molecule has 2 aromatic rings. The number of Topliss-reactive ketones (excluding diaryl/α,β-unsaturated/α-hetero) is 1. The van der Waals surface area contributed by atoms with Crippen LogP contribution in [0, 0.1) is 0 Å². The summed E-state index contributed by atoms with van der Waals surface area (Å²) in [5.41, 5.74) is 1.27. The SMILES string of the molecule is O=C(CCCc1ccccc1)c1ccco1. The lowest BCUT2D eigenvalue weighted by Gasteiger charge is -1.99. The van der Waals surface area contributed by atoms with Gasteiger partial charge in [-0.15, -0.1) is 0 Å². The minimum Gasteiger partial charge on any atom is -0.461 e. The molecule has 16 heavy (non-hydrogen) atoms. The van der Waals surface area contributed by atoms with E-state index >= 15 is 0 Å². The van der Waals surface area contributed by atoms with Crippen LogP contribution in [0.5, 0.6) is 0 Å². The summed E-state index contributed by atoms with van der Waals surface area (Å²) in [4.78, 5) is 11.6. The third-order valence-electron chi connectivity index (χ3n) is 2.51. The highest BCUT2D eigenvalue weighted by Gasteiger charge is 2.07. The van der Waals surface area contributed by atoms with Gasteiger partial charge in [-0.05, 0) is 30.5 Å². The zero-order valence-electron chi connectivity index (χ0n) is 9.06. The average molecular weight is 214 g/mol. The van der Waals surface area contributed by atoms with Crippen LogP contribution >= 0.6 is 0 Å². The van der Waals surface area contributed by atoms with Gasteiger partial charge in [-0.1, -0.05) is 30.3 Å². The molecule has 2 heteroatoms. The summed E-state index contributed by atoms with van der Waals surface area (Å²) >= 11 is 0. The Morgan fingerprint density at radius 3 is 2.56 bits per heavy atom. The summed E-state index contributed by atoms with van der Waals surface area (Å²) in [6, 6.07) is 13.6. The van der Waals surface area contributed by atoms with E-state index in [2.05, 4.69) is 12.1 Å². The maximum Gasteiger partial charge on any atom is 0.197 e. The molecule has 2 rings (SSSR count). The second-order valence-electron chi connectivity index (χ2n) is 3.74. The molecule has 0 saturated heterocycles. The highest BCUT2D eigenvalue weighted by molar-refractivity contribution is 5.93. The Kier molecular flexibility index (Phi) is 3.54. The van der Waals surface area contributed by atoms with Gasteiger partial charge in [0.1, 0.15) is 0 Å². The standard InChI is InChI=1S/C14H14O2/c15-13(14-10-5-11-16-14)9-4-8-12-6-2-1-3-7-12/h1-3,5-7,10-11H,4,8-9H2. The Morgan fingerprint density at radius 2 is 1.88 bits per heavy atom. The molecule has 0 amide bonds. The number of ketones is 1. The van der Waals surface area contributed by atoms with Gasteiger partial charge >= 0.3 is 0 Å². The van der Waals surface area contributed by atoms with Crippen molar-refractivity contribution in [3.05, 3.63) is 60.1 Å². The second kappa shape index (κ2) is 5.31. The molecule has 0 unspecified atom stereocenters. The van der Waals surface area contributed by atoms with Crippen LogP contribution in [0.25, 0.3) is 0 Å². The molecule has 0 spiro atoms. The lowest BCUT2D eigenvalue weighted by molar-refractivity contribution is 0.0953. The molecular formula is C14H14O2. The van der Waals surface area contributed by atoms with Crippen LogP contribution in [0.3, 0.4) is 0 Å². The minimum absolute atomic E-state index is 0.0842. The van der Waals surface area contributed by atoms with Crippen LogP contribution in [-0.4, -0.2) is 5.78 Å². The van der Waals surface area contributed by atoms with Crippen molar-refractivity contribution in [1.29, 1.82) is 0 Å². The van der Waals surface area contributed by atoms with E-state index in [0.717, 1.165) is 12.8 Å². The number of aryl methyl sites for hydroxylation is 1. The van der Waals surface area contributed by atoms with Crippen molar-refractivity contribution >= 4 is 5.78 Å². The monoisotopic (exact) mass is 214 g/mol. The average Bonchev–Trinajstić information content (AvgIpc) is 2.84. The third-order valence-corrected chi connectivity index (χ3v) is 2.51. The van der Waals surface area contributed by atoms with Gasteiger partial charge in [0.25, 0.3) is 0 Å². The first-order valence-electron chi connectivity index (χ1n) is 5.47. The fraction of sp³-hybridized carbons (Fsp3) is 0.214. The summed E-state index contributed by atoms with van der Waals surface area (Å²) in [5, 5.41) is 0. The number of carbonyl (C=O) groups is 1. The van der Waals surface area contributed by atoms with Crippen molar-refractivity contribution in [2.24, 2.45) is 0 Å². The molecule has 0 N–H and O–H groups in total. The number of furan rings is 1. The molecule has 1 heterocycles. The Bertz CT molecular complexity index is 429. The van der Waals surface area contributed by atoms with E-state index in [0.29, 0.717) is 12.2 Å². The van der Waals surface area contributed by atoms with Gasteiger partial charge in [-0.25, -0.2) is 0 Å². The van der Waals surface area contributed by atoms with Crippen molar-refractivity contribution in [3.8, 4) is 0 Å². The van der Waals surface area contributed by atoms with Gasteiger partial charge < -0.3 is 4.42 Å². The smallest absolute Gasteiger partial charge is 0.197 e. The number of hydrogen-bond donors (Lipinski definition) is 0. The summed E-state index contributed by atoms with van der Waals surface area (Å²) in [5.74, 6) is 0.550. The summed E-state index contributed by atoms with van der Waals surface area (Å²) in [6.07, 6.45) is 3.88. The largest absolute Gasteiger partial charge is 0.461 e. The molecule has 0 bridgehead atoms. The second-order valence-corrected chi connectivity index (χ2v) is 3.74. The molecule has 0 atom stereocenters. The number of hydrogen-bond acceptors (Lipinski definition) is 2. The Hall–Kier alpha value is -1.83. The first kappa shape index (κ1) is 10.7. The van der Waals surface area contributed by atoms with Crippen molar-refractivity contribution in [2.45, 2.75) is 19.3 Å². The fourth-order valence-electron chi connectivity index (χ4n) is 1.66. The molecule has 2 nitrogen and oxygen atoms in total. The molecule has 0 aliphatic carbocycles. The maximum absolute atomic E-state index is 11.6. The Balaban J connectivity index is 1.79.